The van der Waals surface area contributed by atoms with Crippen molar-refractivity contribution in [2.75, 3.05) is 0 Å². The van der Waals surface area contributed by atoms with E-state index in [1.807, 2.05) is 0 Å². The fourth-order valence-corrected chi connectivity index (χ4v) is 2.07. The van der Waals surface area contributed by atoms with Crippen LogP contribution in [0.4, 0.5) is 0 Å². The first-order valence-electron chi connectivity index (χ1n) is 5.00. The van der Waals surface area contributed by atoms with Crippen LogP contribution in [-0.2, 0) is 17.6 Å². The van der Waals surface area contributed by atoms with E-state index in [9.17, 15) is 4.79 Å². The van der Waals surface area contributed by atoms with Gasteiger partial charge in [0.25, 0.3) is 0 Å². The first kappa shape index (κ1) is 11.4. The molecule has 0 atom stereocenters. The minimum Gasteiger partial charge on any atom is -0.300 e. The smallest absolute Gasteiger partial charge is 0.130 e. The number of aromatic nitrogens is 1. The van der Waals surface area contributed by atoms with E-state index < -0.39 is 0 Å². The molecule has 0 aliphatic rings. The number of thiazole rings is 1. The number of rotatable bonds is 5. The molecule has 0 bridgehead atoms. The van der Waals surface area contributed by atoms with Crippen LogP contribution in [0.15, 0.2) is 5.38 Å². The fraction of sp³-hybridized carbons (Fsp3) is 0.636. The second-order valence-electron chi connectivity index (χ2n) is 4.03. The van der Waals surface area contributed by atoms with Crippen molar-refractivity contribution >= 4 is 17.1 Å². The lowest BCUT2D eigenvalue weighted by molar-refractivity contribution is -0.116. The van der Waals surface area contributed by atoms with Crippen LogP contribution >= 0.6 is 11.3 Å². The van der Waals surface area contributed by atoms with Gasteiger partial charge in [-0.05, 0) is 19.3 Å². The molecular weight excluding hydrogens is 194 g/mol. The molecule has 0 aromatic carbocycles. The van der Waals surface area contributed by atoms with Crippen molar-refractivity contribution in [1.82, 2.24) is 4.98 Å². The minimum absolute atomic E-state index is 0.241. The van der Waals surface area contributed by atoms with Crippen molar-refractivity contribution in [3.05, 3.63) is 16.1 Å². The summed E-state index contributed by atoms with van der Waals surface area (Å²) >= 11 is 1.67. The fourth-order valence-electron chi connectivity index (χ4n) is 1.26. The Balaban J connectivity index is 2.46. The molecule has 0 amide bonds. The van der Waals surface area contributed by atoms with E-state index in [1.54, 1.807) is 18.3 Å². The van der Waals surface area contributed by atoms with E-state index in [0.29, 0.717) is 12.3 Å². The monoisotopic (exact) mass is 211 g/mol. The molecule has 0 radical (unpaired) electrons. The molecule has 2 nitrogen and oxygen atoms in total. The van der Waals surface area contributed by atoms with Gasteiger partial charge >= 0.3 is 0 Å². The summed E-state index contributed by atoms with van der Waals surface area (Å²) in [5.74, 6) is 0.892. The van der Waals surface area contributed by atoms with Gasteiger partial charge in [0.05, 0.1) is 10.7 Å². The second kappa shape index (κ2) is 5.25. The molecule has 0 aliphatic heterocycles. The first-order chi connectivity index (χ1) is 6.58. The number of aryl methyl sites for hydroxylation is 1. The van der Waals surface area contributed by atoms with Crippen LogP contribution in [0.2, 0.25) is 0 Å². The van der Waals surface area contributed by atoms with Gasteiger partial charge < -0.3 is 4.79 Å². The van der Waals surface area contributed by atoms with Gasteiger partial charge in [-0.3, -0.25) is 0 Å². The molecule has 14 heavy (non-hydrogen) atoms. The molecule has 0 fully saturated rings. The van der Waals surface area contributed by atoms with Crippen LogP contribution < -0.4 is 0 Å². The summed E-state index contributed by atoms with van der Waals surface area (Å²) in [6, 6.07) is 0. The molecule has 3 heteroatoms. The van der Waals surface area contributed by atoms with Crippen molar-refractivity contribution < 1.29 is 4.79 Å². The van der Waals surface area contributed by atoms with Gasteiger partial charge in [0.15, 0.2) is 0 Å². The number of nitrogens with zero attached hydrogens (tertiary/aromatic N) is 1. The minimum atomic E-state index is 0.241. The zero-order chi connectivity index (χ0) is 10.6. The molecule has 1 heterocycles. The van der Waals surface area contributed by atoms with Gasteiger partial charge in [0, 0.05) is 18.2 Å². The summed E-state index contributed by atoms with van der Waals surface area (Å²) < 4.78 is 0. The van der Waals surface area contributed by atoms with Gasteiger partial charge in [-0.2, -0.15) is 0 Å². The maximum Gasteiger partial charge on any atom is 0.130 e. The average molecular weight is 211 g/mol. The lowest BCUT2D eigenvalue weighted by Gasteiger charge is -1.98. The van der Waals surface area contributed by atoms with Gasteiger partial charge in [0.1, 0.15) is 5.78 Å². The van der Waals surface area contributed by atoms with Crippen LogP contribution in [0.25, 0.3) is 0 Å². The van der Waals surface area contributed by atoms with Crippen LogP contribution in [0, 0.1) is 5.92 Å². The molecular formula is C11H17NOS. The number of carbonyl (C=O) groups is 1. The van der Waals surface area contributed by atoms with Crippen LogP contribution in [0.3, 0.4) is 0 Å². The summed E-state index contributed by atoms with van der Waals surface area (Å²) in [7, 11) is 0. The summed E-state index contributed by atoms with van der Waals surface area (Å²) in [4.78, 5) is 15.3. The van der Waals surface area contributed by atoms with Crippen molar-refractivity contribution in [2.45, 2.75) is 40.0 Å². The Morgan fingerprint density at radius 1 is 1.57 bits per heavy atom. The zero-order valence-electron chi connectivity index (χ0n) is 9.04. The van der Waals surface area contributed by atoms with Gasteiger partial charge in [0.2, 0.25) is 0 Å². The molecule has 0 spiro atoms. The van der Waals surface area contributed by atoms with E-state index in [4.69, 9.17) is 0 Å². The van der Waals surface area contributed by atoms with Crippen LogP contribution in [0.5, 0.6) is 0 Å². The number of Topliss-reactive ketones (excluding diaryl/α,β-unsaturated/α-hetero) is 1. The third-order valence-electron chi connectivity index (χ3n) is 1.91. The predicted molar refractivity (Wildman–Crippen MR) is 59.7 cm³/mol. The first-order valence-corrected chi connectivity index (χ1v) is 5.88. The Morgan fingerprint density at radius 2 is 2.29 bits per heavy atom. The van der Waals surface area contributed by atoms with Crippen molar-refractivity contribution in [2.24, 2.45) is 5.92 Å². The highest BCUT2D eigenvalue weighted by atomic mass is 32.1. The molecule has 0 aliphatic carbocycles. The Bertz CT molecular complexity index is 304. The van der Waals surface area contributed by atoms with E-state index in [-0.39, 0.29) is 5.78 Å². The lowest BCUT2D eigenvalue weighted by atomic mass is 10.1. The summed E-state index contributed by atoms with van der Waals surface area (Å²) in [5, 5.41) is 3.20. The number of carbonyl (C=O) groups excluding carboxylic acids is 1. The second-order valence-corrected chi connectivity index (χ2v) is 4.98. The highest BCUT2D eigenvalue weighted by molar-refractivity contribution is 7.09. The van der Waals surface area contributed by atoms with Crippen molar-refractivity contribution in [3.63, 3.8) is 0 Å². The Morgan fingerprint density at radius 3 is 2.86 bits per heavy atom. The maximum atomic E-state index is 10.8. The van der Waals surface area contributed by atoms with Crippen molar-refractivity contribution in [3.8, 4) is 0 Å². The molecule has 1 aromatic heterocycles. The molecule has 0 saturated carbocycles. The summed E-state index contributed by atoms with van der Waals surface area (Å²) in [5.41, 5.74) is 1.17. The predicted octanol–water partition coefficient (Wildman–Crippen LogP) is 2.86. The van der Waals surface area contributed by atoms with Crippen LogP contribution in [-0.4, -0.2) is 10.8 Å². The topological polar surface area (TPSA) is 30.0 Å². The van der Waals surface area contributed by atoms with Crippen LogP contribution in [0.1, 0.15) is 37.9 Å². The highest BCUT2D eigenvalue weighted by Gasteiger charge is 2.04. The van der Waals surface area contributed by atoms with Gasteiger partial charge in [-0.1, -0.05) is 13.8 Å². The number of ketones is 1. The molecule has 1 rings (SSSR count). The highest BCUT2D eigenvalue weighted by Crippen LogP contribution is 2.14. The average Bonchev–Trinajstić information content (AvgIpc) is 2.47. The molecule has 78 valence electrons. The molecule has 1 aromatic rings. The molecule has 0 N–H and O–H groups in total. The lowest BCUT2D eigenvalue weighted by Crippen LogP contribution is -1.96. The molecule has 0 unspecified atom stereocenters. The maximum absolute atomic E-state index is 10.8. The SMILES string of the molecule is CC(=O)CCc1nc(CC(C)C)cs1. The van der Waals surface area contributed by atoms with E-state index in [2.05, 4.69) is 24.2 Å². The molecule has 0 saturated heterocycles. The van der Waals surface area contributed by atoms with Gasteiger partial charge in [-0.25, -0.2) is 4.98 Å². The summed E-state index contributed by atoms with van der Waals surface area (Å²) in [6.45, 7) is 6.01. The van der Waals surface area contributed by atoms with E-state index in [0.717, 1.165) is 17.8 Å². The Labute approximate surface area is 89.4 Å². The Kier molecular flexibility index (Phi) is 4.26. The largest absolute Gasteiger partial charge is 0.300 e. The van der Waals surface area contributed by atoms with E-state index in [1.165, 1.54) is 5.69 Å². The zero-order valence-corrected chi connectivity index (χ0v) is 9.86. The third kappa shape index (κ3) is 4.01. The summed E-state index contributed by atoms with van der Waals surface area (Å²) in [6.07, 6.45) is 2.46. The van der Waals surface area contributed by atoms with Crippen molar-refractivity contribution in [1.29, 1.82) is 0 Å². The van der Waals surface area contributed by atoms with Gasteiger partial charge in [-0.15, -0.1) is 11.3 Å². The Hall–Kier alpha value is -0.700. The quantitative estimate of drug-likeness (QED) is 0.749. The normalized spacial score (nSPS) is 10.9. The third-order valence-corrected chi connectivity index (χ3v) is 2.87. The number of hydrogen-bond donors (Lipinski definition) is 0. The standard InChI is InChI=1S/C11H17NOS/c1-8(2)6-10-7-14-11(12-10)5-4-9(3)13/h7-8H,4-6H2,1-3H3. The van der Waals surface area contributed by atoms with E-state index >= 15 is 0 Å². The number of hydrogen-bond acceptors (Lipinski definition) is 3.